The van der Waals surface area contributed by atoms with Gasteiger partial charge in [0.15, 0.2) is 0 Å². The van der Waals surface area contributed by atoms with Crippen LogP contribution >= 0.6 is 11.8 Å². The van der Waals surface area contributed by atoms with E-state index in [9.17, 15) is 0 Å². The number of nitrogens with zero attached hydrogens (tertiary/aromatic N) is 2. The van der Waals surface area contributed by atoms with E-state index in [0.717, 1.165) is 12.1 Å². The Balaban J connectivity index is 2.55. The molecule has 0 radical (unpaired) electrons. The van der Waals surface area contributed by atoms with Gasteiger partial charge in [0.05, 0.1) is 5.52 Å². The Hall–Kier alpha value is -0.990. The van der Waals surface area contributed by atoms with Crippen molar-refractivity contribution in [1.29, 1.82) is 0 Å². The molecule has 0 aliphatic rings. The Morgan fingerprint density at radius 1 is 1.29 bits per heavy atom. The van der Waals surface area contributed by atoms with Gasteiger partial charge in [-0.1, -0.05) is 18.2 Å². The Bertz CT molecular complexity index is 445. The average Bonchev–Trinajstić information content (AvgIpc) is 2.44. The molecule has 0 atom stereocenters. The molecule has 1 heterocycles. The SMILES string of the molecule is CN(C)Cc1cn(Cl)c2ccccc12. The smallest absolute Gasteiger partial charge is 0.0650 e. The third-order valence-electron chi connectivity index (χ3n) is 2.24. The first kappa shape index (κ1) is 9.56. The lowest BCUT2D eigenvalue weighted by atomic mass is 10.2. The maximum Gasteiger partial charge on any atom is 0.0650 e. The fourth-order valence-corrected chi connectivity index (χ4v) is 1.94. The number of rotatable bonds is 2. The third-order valence-corrected chi connectivity index (χ3v) is 2.52. The van der Waals surface area contributed by atoms with Gasteiger partial charge in [0, 0.05) is 29.9 Å². The molecule has 0 aliphatic carbocycles. The predicted molar refractivity (Wildman–Crippen MR) is 60.6 cm³/mol. The van der Waals surface area contributed by atoms with Crippen LogP contribution < -0.4 is 0 Å². The molecule has 0 saturated heterocycles. The standard InChI is InChI=1S/C11H13ClN2/c1-13(2)7-9-8-14(12)11-6-4-3-5-10(9)11/h3-6,8H,7H2,1-2H3. The zero-order valence-electron chi connectivity index (χ0n) is 8.37. The van der Waals surface area contributed by atoms with Crippen LogP contribution in [-0.4, -0.2) is 23.1 Å². The van der Waals surface area contributed by atoms with E-state index in [0.29, 0.717) is 0 Å². The first-order valence-corrected chi connectivity index (χ1v) is 4.92. The van der Waals surface area contributed by atoms with Gasteiger partial charge in [0.25, 0.3) is 0 Å². The summed E-state index contributed by atoms with van der Waals surface area (Å²) in [6.45, 7) is 0.917. The Kier molecular flexibility index (Phi) is 2.48. The lowest BCUT2D eigenvalue weighted by Gasteiger charge is -2.07. The Labute approximate surface area is 88.8 Å². The summed E-state index contributed by atoms with van der Waals surface area (Å²) >= 11 is 6.06. The van der Waals surface area contributed by atoms with E-state index in [4.69, 9.17) is 11.8 Å². The average molecular weight is 209 g/mol. The number of aromatic nitrogens is 1. The molecule has 0 amide bonds. The van der Waals surface area contributed by atoms with E-state index in [-0.39, 0.29) is 0 Å². The van der Waals surface area contributed by atoms with Gasteiger partial charge in [-0.25, -0.2) is 0 Å². The number of benzene rings is 1. The second-order valence-electron chi connectivity index (χ2n) is 3.72. The number of fused-ring (bicyclic) bond motifs is 1. The van der Waals surface area contributed by atoms with E-state index >= 15 is 0 Å². The van der Waals surface area contributed by atoms with Gasteiger partial charge in [-0.2, -0.15) is 0 Å². The fourth-order valence-electron chi connectivity index (χ4n) is 1.67. The summed E-state index contributed by atoms with van der Waals surface area (Å²) in [6, 6.07) is 8.17. The fraction of sp³-hybridized carbons (Fsp3) is 0.273. The minimum atomic E-state index is 0.917. The van der Waals surface area contributed by atoms with Gasteiger partial charge < -0.3 is 4.90 Å². The molecule has 2 aromatic rings. The van der Waals surface area contributed by atoms with Crippen LogP contribution in [0.3, 0.4) is 0 Å². The van der Waals surface area contributed by atoms with Crippen LogP contribution in [0.15, 0.2) is 30.5 Å². The maximum absolute atomic E-state index is 6.06. The predicted octanol–water partition coefficient (Wildman–Crippen LogP) is 2.70. The molecule has 0 bridgehead atoms. The topological polar surface area (TPSA) is 8.17 Å². The van der Waals surface area contributed by atoms with Crippen molar-refractivity contribution in [3.63, 3.8) is 0 Å². The van der Waals surface area contributed by atoms with Crippen LogP contribution in [0.2, 0.25) is 0 Å². The minimum absolute atomic E-state index is 0.917. The largest absolute Gasteiger partial charge is 0.305 e. The molecule has 1 aromatic carbocycles. The lowest BCUT2D eigenvalue weighted by Crippen LogP contribution is -2.10. The molecule has 2 rings (SSSR count). The summed E-state index contributed by atoms with van der Waals surface area (Å²) in [5, 5.41) is 1.23. The molecule has 0 unspecified atom stereocenters. The highest BCUT2D eigenvalue weighted by Gasteiger charge is 2.06. The first-order chi connectivity index (χ1) is 6.68. The number of halogens is 1. The number of hydrogen-bond acceptors (Lipinski definition) is 1. The molecule has 14 heavy (non-hydrogen) atoms. The highest BCUT2D eigenvalue weighted by atomic mass is 35.5. The van der Waals surface area contributed by atoms with Crippen LogP contribution in [0.4, 0.5) is 0 Å². The molecule has 0 aliphatic heterocycles. The van der Waals surface area contributed by atoms with Crippen molar-refractivity contribution in [1.82, 2.24) is 8.99 Å². The second kappa shape index (κ2) is 3.64. The van der Waals surface area contributed by atoms with Gasteiger partial charge in [-0.05, 0) is 25.7 Å². The zero-order valence-corrected chi connectivity index (χ0v) is 9.12. The summed E-state index contributed by atoms with van der Waals surface area (Å²) in [7, 11) is 4.11. The quantitative estimate of drug-likeness (QED) is 0.737. The molecule has 0 N–H and O–H groups in total. The first-order valence-electron chi connectivity index (χ1n) is 4.58. The number of para-hydroxylation sites is 1. The van der Waals surface area contributed by atoms with Crippen LogP contribution in [-0.2, 0) is 6.54 Å². The van der Waals surface area contributed by atoms with Gasteiger partial charge in [0.1, 0.15) is 0 Å². The highest BCUT2D eigenvalue weighted by Crippen LogP contribution is 2.22. The van der Waals surface area contributed by atoms with Crippen molar-refractivity contribution in [2.24, 2.45) is 0 Å². The summed E-state index contributed by atoms with van der Waals surface area (Å²) in [5.74, 6) is 0. The van der Waals surface area contributed by atoms with Crippen molar-refractivity contribution in [2.75, 3.05) is 14.1 Å². The van der Waals surface area contributed by atoms with Gasteiger partial charge in [-0.3, -0.25) is 4.09 Å². The normalized spacial score (nSPS) is 11.4. The molecular weight excluding hydrogens is 196 g/mol. The van der Waals surface area contributed by atoms with Gasteiger partial charge in [0.2, 0.25) is 0 Å². The van der Waals surface area contributed by atoms with Crippen molar-refractivity contribution in [2.45, 2.75) is 6.54 Å². The Morgan fingerprint density at radius 3 is 2.71 bits per heavy atom. The van der Waals surface area contributed by atoms with Crippen LogP contribution in [0.1, 0.15) is 5.56 Å². The van der Waals surface area contributed by atoms with E-state index in [1.54, 1.807) is 4.09 Å². The summed E-state index contributed by atoms with van der Waals surface area (Å²) in [4.78, 5) is 2.14. The monoisotopic (exact) mass is 208 g/mol. The Morgan fingerprint density at radius 2 is 2.00 bits per heavy atom. The molecule has 0 fully saturated rings. The van der Waals surface area contributed by atoms with Crippen molar-refractivity contribution in [3.8, 4) is 0 Å². The molecule has 2 nitrogen and oxygen atoms in total. The van der Waals surface area contributed by atoms with Crippen molar-refractivity contribution in [3.05, 3.63) is 36.0 Å². The summed E-state index contributed by atoms with van der Waals surface area (Å²) in [6.07, 6.45) is 1.98. The second-order valence-corrected chi connectivity index (χ2v) is 4.08. The molecule has 0 saturated carbocycles. The molecule has 1 aromatic heterocycles. The molecular formula is C11H13ClN2. The molecule has 74 valence electrons. The third kappa shape index (κ3) is 1.63. The molecule has 0 spiro atoms. The minimum Gasteiger partial charge on any atom is -0.305 e. The van der Waals surface area contributed by atoms with Gasteiger partial charge in [-0.15, -0.1) is 0 Å². The van der Waals surface area contributed by atoms with Crippen LogP contribution in [0.25, 0.3) is 10.9 Å². The van der Waals surface area contributed by atoms with Crippen LogP contribution in [0, 0.1) is 0 Å². The summed E-state index contributed by atoms with van der Waals surface area (Å²) < 4.78 is 1.66. The van der Waals surface area contributed by atoms with E-state index in [1.165, 1.54) is 10.9 Å². The van der Waals surface area contributed by atoms with E-state index in [1.807, 2.05) is 24.4 Å². The van der Waals surface area contributed by atoms with Crippen molar-refractivity contribution < 1.29 is 0 Å². The maximum atomic E-state index is 6.06. The van der Waals surface area contributed by atoms with E-state index in [2.05, 4.69) is 25.1 Å². The van der Waals surface area contributed by atoms with E-state index < -0.39 is 0 Å². The number of hydrogen-bond donors (Lipinski definition) is 0. The lowest BCUT2D eigenvalue weighted by molar-refractivity contribution is 0.404. The summed E-state index contributed by atoms with van der Waals surface area (Å²) in [5.41, 5.74) is 2.34. The zero-order chi connectivity index (χ0) is 10.1. The van der Waals surface area contributed by atoms with Gasteiger partial charge >= 0.3 is 0 Å². The van der Waals surface area contributed by atoms with Crippen LogP contribution in [0.5, 0.6) is 0 Å². The van der Waals surface area contributed by atoms with Crippen molar-refractivity contribution >= 4 is 22.7 Å². The molecule has 3 heteroatoms. The highest BCUT2D eigenvalue weighted by molar-refractivity contribution is 6.19.